The molecule has 1 aliphatic heterocycles. The van der Waals surface area contributed by atoms with Crippen molar-refractivity contribution in [3.05, 3.63) is 53.6 Å². The van der Waals surface area contributed by atoms with Gasteiger partial charge in [-0.05, 0) is 42.8 Å². The molecular weight excluding hydrogens is 388 g/mol. The summed E-state index contributed by atoms with van der Waals surface area (Å²) in [5.74, 6) is -0.267. The first kappa shape index (κ1) is 20.4. The summed E-state index contributed by atoms with van der Waals surface area (Å²) >= 11 is 0. The number of fused-ring (bicyclic) bond motifs is 1. The molecule has 1 unspecified atom stereocenters. The number of rotatable bonds is 7. The summed E-state index contributed by atoms with van der Waals surface area (Å²) in [5, 5.41) is 2.71. The summed E-state index contributed by atoms with van der Waals surface area (Å²) in [7, 11) is 0. The van der Waals surface area contributed by atoms with Crippen molar-refractivity contribution < 1.29 is 37.3 Å². The Hall–Kier alpha value is -3.36. The Bertz CT molecular complexity index is 889. The average molecular weight is 407 g/mol. The molecule has 1 heterocycles. The lowest BCUT2D eigenvalue weighted by atomic mass is 10.1. The van der Waals surface area contributed by atoms with E-state index in [1.54, 1.807) is 25.1 Å². The molecule has 0 saturated heterocycles. The average Bonchev–Trinajstić information content (AvgIpc) is 2.71. The normalized spacial score (nSPS) is 13.5. The molecular formula is C20H19F2NO6. The number of nitrogens with one attached hydrogen (secondary N) is 1. The van der Waals surface area contributed by atoms with Crippen LogP contribution < -0.4 is 19.5 Å². The van der Waals surface area contributed by atoms with Crippen LogP contribution in [0.1, 0.15) is 28.9 Å². The number of hydrogen-bond acceptors (Lipinski definition) is 6. The fourth-order valence-electron chi connectivity index (χ4n) is 2.71. The van der Waals surface area contributed by atoms with E-state index in [2.05, 4.69) is 10.1 Å². The molecule has 2 aromatic rings. The van der Waals surface area contributed by atoms with E-state index < -0.39 is 25.1 Å². The van der Waals surface area contributed by atoms with Gasteiger partial charge in [-0.25, -0.2) is 4.79 Å². The van der Waals surface area contributed by atoms with E-state index in [-0.39, 0.29) is 17.4 Å². The molecule has 9 heteroatoms. The predicted molar refractivity (Wildman–Crippen MR) is 97.3 cm³/mol. The van der Waals surface area contributed by atoms with Crippen LogP contribution in [0.4, 0.5) is 8.78 Å². The van der Waals surface area contributed by atoms with Crippen molar-refractivity contribution in [2.24, 2.45) is 0 Å². The van der Waals surface area contributed by atoms with Crippen molar-refractivity contribution in [2.75, 3.05) is 19.8 Å². The van der Waals surface area contributed by atoms with Gasteiger partial charge in [-0.15, -0.1) is 0 Å². The van der Waals surface area contributed by atoms with Gasteiger partial charge in [-0.3, -0.25) is 4.79 Å². The molecule has 0 bridgehead atoms. The van der Waals surface area contributed by atoms with Crippen molar-refractivity contribution >= 4 is 11.9 Å². The zero-order chi connectivity index (χ0) is 20.8. The molecule has 1 amide bonds. The minimum Gasteiger partial charge on any atom is -0.486 e. The number of carbonyl (C=O) groups excluding carboxylic acids is 2. The summed E-state index contributed by atoms with van der Waals surface area (Å²) in [6.45, 7) is -0.809. The van der Waals surface area contributed by atoms with Gasteiger partial charge in [-0.2, -0.15) is 8.78 Å². The number of esters is 1. The third kappa shape index (κ3) is 5.56. The molecule has 1 N–H and O–H groups in total. The molecule has 0 fully saturated rings. The smallest absolute Gasteiger partial charge is 0.387 e. The first-order valence-corrected chi connectivity index (χ1v) is 8.83. The van der Waals surface area contributed by atoms with E-state index in [4.69, 9.17) is 14.2 Å². The van der Waals surface area contributed by atoms with Crippen LogP contribution in [0.15, 0.2) is 42.5 Å². The number of carbonyl (C=O) groups is 2. The summed E-state index contributed by atoms with van der Waals surface area (Å²) in [6, 6.07) is 10.1. The summed E-state index contributed by atoms with van der Waals surface area (Å²) < 4.78 is 44.7. The van der Waals surface area contributed by atoms with E-state index in [9.17, 15) is 18.4 Å². The van der Waals surface area contributed by atoms with E-state index in [0.29, 0.717) is 24.7 Å². The summed E-state index contributed by atoms with van der Waals surface area (Å²) in [6.07, 6.45) is 0. The molecule has 1 aliphatic rings. The van der Waals surface area contributed by atoms with Gasteiger partial charge in [0, 0.05) is 0 Å². The zero-order valence-corrected chi connectivity index (χ0v) is 15.5. The second kappa shape index (κ2) is 9.22. The van der Waals surface area contributed by atoms with Crippen molar-refractivity contribution in [2.45, 2.75) is 19.6 Å². The van der Waals surface area contributed by atoms with Crippen LogP contribution in [0, 0.1) is 0 Å². The van der Waals surface area contributed by atoms with Gasteiger partial charge < -0.3 is 24.3 Å². The number of amides is 1. The van der Waals surface area contributed by atoms with Crippen molar-refractivity contribution in [1.82, 2.24) is 5.32 Å². The van der Waals surface area contributed by atoms with E-state index in [1.807, 2.05) is 0 Å². The Morgan fingerprint density at radius 1 is 1.10 bits per heavy atom. The Kier molecular flexibility index (Phi) is 6.48. The molecule has 154 valence electrons. The van der Waals surface area contributed by atoms with E-state index >= 15 is 0 Å². The highest BCUT2D eigenvalue weighted by atomic mass is 19.3. The van der Waals surface area contributed by atoms with Crippen molar-refractivity contribution in [3.63, 3.8) is 0 Å². The lowest BCUT2D eigenvalue weighted by molar-refractivity contribution is -0.124. The lowest BCUT2D eigenvalue weighted by Crippen LogP contribution is -2.31. The van der Waals surface area contributed by atoms with Crippen LogP contribution in [0.25, 0.3) is 0 Å². The third-order valence-corrected chi connectivity index (χ3v) is 4.07. The fourth-order valence-corrected chi connectivity index (χ4v) is 2.71. The Labute approximate surface area is 165 Å². The number of alkyl halides is 2. The Morgan fingerprint density at radius 2 is 1.86 bits per heavy atom. The van der Waals surface area contributed by atoms with Gasteiger partial charge >= 0.3 is 12.6 Å². The Balaban J connectivity index is 1.52. The molecule has 0 spiro atoms. The minimum atomic E-state index is -3.01. The minimum absolute atomic E-state index is 0.00386. The van der Waals surface area contributed by atoms with Gasteiger partial charge in [0.05, 0.1) is 11.6 Å². The molecule has 0 aliphatic carbocycles. The molecule has 1 atom stereocenters. The van der Waals surface area contributed by atoms with Crippen molar-refractivity contribution in [3.8, 4) is 17.2 Å². The van der Waals surface area contributed by atoms with Crippen LogP contribution in [-0.2, 0) is 9.53 Å². The zero-order valence-electron chi connectivity index (χ0n) is 15.5. The second-order valence-corrected chi connectivity index (χ2v) is 6.17. The highest BCUT2D eigenvalue weighted by Gasteiger charge is 2.17. The first-order chi connectivity index (χ1) is 13.9. The lowest BCUT2D eigenvalue weighted by Gasteiger charge is -2.21. The highest BCUT2D eigenvalue weighted by molar-refractivity contribution is 5.91. The van der Waals surface area contributed by atoms with Gasteiger partial charge in [-0.1, -0.05) is 12.1 Å². The van der Waals surface area contributed by atoms with Crippen LogP contribution in [0.5, 0.6) is 17.2 Å². The van der Waals surface area contributed by atoms with E-state index in [0.717, 1.165) is 11.6 Å². The maximum atomic E-state index is 12.3. The molecule has 0 saturated carbocycles. The van der Waals surface area contributed by atoms with Gasteiger partial charge in [0.25, 0.3) is 5.91 Å². The second-order valence-electron chi connectivity index (χ2n) is 6.17. The molecule has 2 aromatic carbocycles. The first-order valence-electron chi connectivity index (χ1n) is 8.83. The number of ether oxygens (including phenoxy) is 4. The standard InChI is InChI=1S/C20H19F2NO6/c1-12(13-5-6-16-17(10-13)27-8-7-26-16)23-18(24)11-28-19(25)14-3-2-4-15(9-14)29-20(21)22/h2-6,9-10,12,20H,7-8,11H2,1H3,(H,23,24). The maximum Gasteiger partial charge on any atom is 0.387 e. The van der Waals surface area contributed by atoms with Crippen LogP contribution in [0.2, 0.25) is 0 Å². The summed E-state index contributed by atoms with van der Waals surface area (Å²) in [5.41, 5.74) is 0.793. The van der Waals surface area contributed by atoms with Crippen LogP contribution in [-0.4, -0.2) is 38.3 Å². The molecule has 0 aromatic heterocycles. The largest absolute Gasteiger partial charge is 0.486 e. The monoisotopic (exact) mass is 407 g/mol. The molecule has 29 heavy (non-hydrogen) atoms. The predicted octanol–water partition coefficient (Wildman–Crippen LogP) is 3.09. The molecule has 3 rings (SSSR count). The number of benzene rings is 2. The fraction of sp³-hybridized carbons (Fsp3) is 0.300. The quantitative estimate of drug-likeness (QED) is 0.711. The van der Waals surface area contributed by atoms with Crippen LogP contribution >= 0.6 is 0 Å². The van der Waals surface area contributed by atoms with Gasteiger partial charge in [0.2, 0.25) is 0 Å². The third-order valence-electron chi connectivity index (χ3n) is 4.07. The number of halogens is 2. The number of hydrogen-bond donors (Lipinski definition) is 1. The highest BCUT2D eigenvalue weighted by Crippen LogP contribution is 2.32. The maximum absolute atomic E-state index is 12.3. The van der Waals surface area contributed by atoms with E-state index in [1.165, 1.54) is 18.2 Å². The van der Waals surface area contributed by atoms with Gasteiger partial charge in [0.1, 0.15) is 19.0 Å². The molecule has 0 radical (unpaired) electrons. The Morgan fingerprint density at radius 3 is 2.62 bits per heavy atom. The van der Waals surface area contributed by atoms with Crippen LogP contribution in [0.3, 0.4) is 0 Å². The van der Waals surface area contributed by atoms with Crippen molar-refractivity contribution in [1.29, 1.82) is 0 Å². The SMILES string of the molecule is CC(NC(=O)COC(=O)c1cccc(OC(F)F)c1)c1ccc2c(c1)OCCO2. The molecule has 7 nitrogen and oxygen atoms in total. The summed E-state index contributed by atoms with van der Waals surface area (Å²) in [4.78, 5) is 24.1. The van der Waals surface area contributed by atoms with Gasteiger partial charge in [0.15, 0.2) is 18.1 Å². The topological polar surface area (TPSA) is 83.1 Å².